The number of thiophene rings is 1. The minimum absolute atomic E-state index is 0.119. The number of amides is 1. The summed E-state index contributed by atoms with van der Waals surface area (Å²) in [6, 6.07) is 7.49. The van der Waals surface area contributed by atoms with Crippen molar-refractivity contribution in [2.24, 2.45) is 5.92 Å². The molecule has 1 N–H and O–H groups in total. The molecule has 142 valence electrons. The standard InChI is InChI=1S/C19H20FN3O3S/c1-12(2)10-23-18(25)17-15(7-8-27-17)22(19(23)26)11-16(24)21-9-13-3-5-14(20)6-4-13/h3-8,12H,9-11H2,1-2H3,(H,21,24). The summed E-state index contributed by atoms with van der Waals surface area (Å²) in [7, 11) is 0. The van der Waals surface area contributed by atoms with Crippen molar-refractivity contribution in [3.8, 4) is 0 Å². The second kappa shape index (κ2) is 7.87. The highest BCUT2D eigenvalue weighted by Crippen LogP contribution is 2.15. The van der Waals surface area contributed by atoms with Crippen LogP contribution in [0.4, 0.5) is 4.39 Å². The summed E-state index contributed by atoms with van der Waals surface area (Å²) in [5, 5.41) is 4.46. The zero-order chi connectivity index (χ0) is 19.6. The van der Waals surface area contributed by atoms with Gasteiger partial charge in [-0.2, -0.15) is 0 Å². The fourth-order valence-electron chi connectivity index (χ4n) is 2.81. The van der Waals surface area contributed by atoms with Crippen molar-refractivity contribution in [3.05, 3.63) is 67.9 Å². The van der Waals surface area contributed by atoms with Gasteiger partial charge in [-0.25, -0.2) is 9.18 Å². The van der Waals surface area contributed by atoms with Gasteiger partial charge in [0.15, 0.2) is 0 Å². The van der Waals surface area contributed by atoms with E-state index in [9.17, 15) is 18.8 Å². The van der Waals surface area contributed by atoms with E-state index >= 15 is 0 Å². The molecule has 3 aromatic rings. The highest BCUT2D eigenvalue weighted by atomic mass is 32.1. The van der Waals surface area contributed by atoms with E-state index in [0.717, 1.165) is 5.56 Å². The van der Waals surface area contributed by atoms with Gasteiger partial charge in [0.2, 0.25) is 5.91 Å². The topological polar surface area (TPSA) is 73.1 Å². The molecule has 0 saturated carbocycles. The predicted octanol–water partition coefficient (Wildman–Crippen LogP) is 2.34. The zero-order valence-electron chi connectivity index (χ0n) is 15.1. The molecule has 2 aromatic heterocycles. The lowest BCUT2D eigenvalue weighted by Crippen LogP contribution is -2.42. The molecule has 0 unspecified atom stereocenters. The summed E-state index contributed by atoms with van der Waals surface area (Å²) in [5.41, 5.74) is 0.410. The Morgan fingerprint density at radius 1 is 1.15 bits per heavy atom. The first-order valence-electron chi connectivity index (χ1n) is 8.59. The molecular formula is C19H20FN3O3S. The van der Waals surface area contributed by atoms with Crippen LogP contribution in [0.3, 0.4) is 0 Å². The maximum Gasteiger partial charge on any atom is 0.332 e. The number of benzene rings is 1. The first-order chi connectivity index (χ1) is 12.9. The van der Waals surface area contributed by atoms with Gasteiger partial charge in [-0.1, -0.05) is 26.0 Å². The van der Waals surface area contributed by atoms with Gasteiger partial charge in [0.05, 0.1) is 5.52 Å². The van der Waals surface area contributed by atoms with E-state index in [2.05, 4.69) is 5.32 Å². The van der Waals surface area contributed by atoms with Crippen LogP contribution < -0.4 is 16.6 Å². The lowest BCUT2D eigenvalue weighted by molar-refractivity contribution is -0.121. The molecule has 0 fully saturated rings. The second-order valence-corrected chi connectivity index (χ2v) is 7.63. The van der Waals surface area contributed by atoms with Crippen molar-refractivity contribution in [1.29, 1.82) is 0 Å². The van der Waals surface area contributed by atoms with Crippen LogP contribution in [0.2, 0.25) is 0 Å². The van der Waals surface area contributed by atoms with Gasteiger partial charge in [-0.05, 0) is 35.1 Å². The molecule has 0 radical (unpaired) electrons. The average molecular weight is 389 g/mol. The summed E-state index contributed by atoms with van der Waals surface area (Å²) >= 11 is 1.26. The van der Waals surface area contributed by atoms with Crippen LogP contribution in [0.25, 0.3) is 10.2 Å². The SMILES string of the molecule is CC(C)Cn1c(=O)c2sccc2n(CC(=O)NCc2ccc(F)cc2)c1=O. The molecule has 0 aliphatic heterocycles. The van der Waals surface area contributed by atoms with E-state index in [4.69, 9.17) is 0 Å². The smallest absolute Gasteiger partial charge is 0.332 e. The fourth-order valence-corrected chi connectivity index (χ4v) is 3.66. The number of hydrogen-bond acceptors (Lipinski definition) is 4. The van der Waals surface area contributed by atoms with Crippen molar-refractivity contribution >= 4 is 27.5 Å². The fraction of sp³-hybridized carbons (Fsp3) is 0.316. The van der Waals surface area contributed by atoms with Gasteiger partial charge >= 0.3 is 5.69 Å². The monoisotopic (exact) mass is 389 g/mol. The molecular weight excluding hydrogens is 369 g/mol. The first-order valence-corrected chi connectivity index (χ1v) is 9.46. The molecule has 3 rings (SSSR count). The van der Waals surface area contributed by atoms with Gasteiger partial charge in [-0.3, -0.25) is 18.7 Å². The summed E-state index contributed by atoms with van der Waals surface area (Å²) in [6.07, 6.45) is 0. The van der Waals surface area contributed by atoms with Crippen LogP contribution in [0.5, 0.6) is 0 Å². The molecule has 6 nitrogen and oxygen atoms in total. The maximum atomic E-state index is 12.9. The number of carbonyl (C=O) groups excluding carboxylic acids is 1. The second-order valence-electron chi connectivity index (χ2n) is 6.72. The summed E-state index contributed by atoms with van der Waals surface area (Å²) in [5.74, 6) is -0.582. The van der Waals surface area contributed by atoms with E-state index in [-0.39, 0.29) is 36.3 Å². The summed E-state index contributed by atoms with van der Waals surface area (Å²) < 4.78 is 15.9. The Morgan fingerprint density at radius 2 is 1.85 bits per heavy atom. The normalized spacial score (nSPS) is 11.3. The molecule has 8 heteroatoms. The van der Waals surface area contributed by atoms with E-state index < -0.39 is 5.69 Å². The van der Waals surface area contributed by atoms with Crippen molar-refractivity contribution in [1.82, 2.24) is 14.5 Å². The molecule has 0 spiro atoms. The van der Waals surface area contributed by atoms with E-state index in [1.54, 1.807) is 23.6 Å². The van der Waals surface area contributed by atoms with Gasteiger partial charge in [0.25, 0.3) is 5.56 Å². The Bertz CT molecular complexity index is 1080. The Morgan fingerprint density at radius 3 is 2.52 bits per heavy atom. The number of halogens is 1. The van der Waals surface area contributed by atoms with Gasteiger partial charge in [0.1, 0.15) is 17.1 Å². The van der Waals surface area contributed by atoms with Gasteiger partial charge in [-0.15, -0.1) is 11.3 Å². The molecule has 2 heterocycles. The van der Waals surface area contributed by atoms with E-state index in [0.29, 0.717) is 16.8 Å². The number of carbonyl (C=O) groups is 1. The molecule has 1 amide bonds. The lowest BCUT2D eigenvalue weighted by Gasteiger charge is -2.13. The molecule has 0 saturated heterocycles. The van der Waals surface area contributed by atoms with Crippen molar-refractivity contribution in [2.75, 3.05) is 0 Å². The molecule has 0 atom stereocenters. The number of rotatable bonds is 6. The van der Waals surface area contributed by atoms with Gasteiger partial charge in [0, 0.05) is 13.1 Å². The minimum atomic E-state index is -0.489. The minimum Gasteiger partial charge on any atom is -0.350 e. The largest absolute Gasteiger partial charge is 0.350 e. The third kappa shape index (κ3) is 4.16. The Balaban J connectivity index is 1.86. The third-order valence-corrected chi connectivity index (χ3v) is 4.98. The van der Waals surface area contributed by atoms with E-state index in [1.807, 2.05) is 13.8 Å². The summed E-state index contributed by atoms with van der Waals surface area (Å²) in [6.45, 7) is 4.18. The highest BCUT2D eigenvalue weighted by molar-refractivity contribution is 7.17. The van der Waals surface area contributed by atoms with Crippen molar-refractivity contribution < 1.29 is 9.18 Å². The van der Waals surface area contributed by atoms with Gasteiger partial charge < -0.3 is 5.32 Å². The number of nitrogens with one attached hydrogen (secondary N) is 1. The third-order valence-electron chi connectivity index (χ3n) is 4.09. The number of hydrogen-bond donors (Lipinski definition) is 1. The average Bonchev–Trinajstić information content (AvgIpc) is 3.11. The molecule has 27 heavy (non-hydrogen) atoms. The maximum absolute atomic E-state index is 12.9. The van der Waals surface area contributed by atoms with Crippen LogP contribution in [0.1, 0.15) is 19.4 Å². The van der Waals surface area contributed by atoms with Crippen LogP contribution in [-0.4, -0.2) is 15.0 Å². The summed E-state index contributed by atoms with van der Waals surface area (Å²) in [4.78, 5) is 37.7. The zero-order valence-corrected chi connectivity index (χ0v) is 15.9. The van der Waals surface area contributed by atoms with E-state index in [1.165, 1.54) is 32.6 Å². The van der Waals surface area contributed by atoms with Crippen LogP contribution in [0.15, 0.2) is 45.3 Å². The lowest BCUT2D eigenvalue weighted by atomic mass is 10.2. The first kappa shape index (κ1) is 19.0. The molecule has 0 aliphatic rings. The molecule has 1 aromatic carbocycles. The van der Waals surface area contributed by atoms with Crippen molar-refractivity contribution in [3.63, 3.8) is 0 Å². The Labute approximate surface area is 158 Å². The predicted molar refractivity (Wildman–Crippen MR) is 103 cm³/mol. The Hall–Kier alpha value is -2.74. The molecule has 0 bridgehead atoms. The Kier molecular flexibility index (Phi) is 5.55. The molecule has 0 aliphatic carbocycles. The quantitative estimate of drug-likeness (QED) is 0.703. The highest BCUT2D eigenvalue weighted by Gasteiger charge is 2.17. The van der Waals surface area contributed by atoms with Crippen LogP contribution in [0, 0.1) is 11.7 Å². The van der Waals surface area contributed by atoms with Crippen LogP contribution >= 0.6 is 11.3 Å². The number of aromatic nitrogens is 2. The van der Waals surface area contributed by atoms with Crippen molar-refractivity contribution in [2.45, 2.75) is 33.5 Å². The van der Waals surface area contributed by atoms with Crippen LogP contribution in [-0.2, 0) is 24.4 Å². The number of nitrogens with zero attached hydrogens (tertiary/aromatic N) is 2. The number of fused-ring (bicyclic) bond motifs is 1.